The number of nitrogens with zero attached hydrogens (tertiary/aromatic N) is 1. The van der Waals surface area contributed by atoms with Gasteiger partial charge in [-0.15, -0.1) is 0 Å². The molecule has 7 nitrogen and oxygen atoms in total. The number of furan rings is 1. The standard InChI is InChI=1S/C8H15NO2.C7H7NO3/c1-8(2,3)11-7(10)9-5-4-6-9;1-4-2-5(3-9)11-6(4)7(8)10/h4-6H2,1-3H3;2-3H,1H3,(H2,8,10). The van der Waals surface area contributed by atoms with Crippen LogP contribution in [0.15, 0.2) is 10.5 Å². The highest BCUT2D eigenvalue weighted by molar-refractivity contribution is 5.92. The van der Waals surface area contributed by atoms with Crippen molar-refractivity contribution < 1.29 is 23.5 Å². The molecule has 0 spiro atoms. The first-order valence-electron chi connectivity index (χ1n) is 6.97. The average molecular weight is 310 g/mol. The van der Waals surface area contributed by atoms with Crippen LogP contribution in [-0.2, 0) is 4.74 Å². The maximum absolute atomic E-state index is 11.1. The lowest BCUT2D eigenvalue weighted by molar-refractivity contribution is 0.0130. The average Bonchev–Trinajstić information content (AvgIpc) is 2.66. The predicted molar refractivity (Wildman–Crippen MR) is 79.8 cm³/mol. The van der Waals surface area contributed by atoms with Gasteiger partial charge in [-0.3, -0.25) is 9.59 Å². The van der Waals surface area contributed by atoms with Gasteiger partial charge in [0.05, 0.1) is 0 Å². The normalized spacial score (nSPS) is 13.5. The number of nitrogens with two attached hydrogens (primary N) is 1. The third-order valence-electron chi connectivity index (χ3n) is 2.78. The van der Waals surface area contributed by atoms with E-state index in [2.05, 4.69) is 0 Å². The summed E-state index contributed by atoms with van der Waals surface area (Å²) in [5.41, 5.74) is 5.16. The quantitative estimate of drug-likeness (QED) is 0.843. The van der Waals surface area contributed by atoms with E-state index < -0.39 is 5.91 Å². The van der Waals surface area contributed by atoms with Crippen LogP contribution in [0.25, 0.3) is 0 Å². The Kier molecular flexibility index (Phi) is 5.73. The molecule has 22 heavy (non-hydrogen) atoms. The highest BCUT2D eigenvalue weighted by atomic mass is 16.6. The van der Waals surface area contributed by atoms with Crippen molar-refractivity contribution in [2.24, 2.45) is 5.73 Å². The molecule has 2 N–H and O–H groups in total. The Morgan fingerprint density at radius 3 is 2.23 bits per heavy atom. The summed E-state index contributed by atoms with van der Waals surface area (Å²) in [5.74, 6) is -0.487. The fraction of sp³-hybridized carbons (Fsp3) is 0.533. The number of hydrogen-bond donors (Lipinski definition) is 1. The molecule has 1 saturated heterocycles. The van der Waals surface area contributed by atoms with Gasteiger partial charge in [0.25, 0.3) is 5.91 Å². The van der Waals surface area contributed by atoms with Gasteiger partial charge < -0.3 is 19.8 Å². The summed E-state index contributed by atoms with van der Waals surface area (Å²) in [4.78, 5) is 33.6. The van der Waals surface area contributed by atoms with Gasteiger partial charge in [0.1, 0.15) is 5.60 Å². The zero-order valence-corrected chi connectivity index (χ0v) is 13.3. The molecule has 0 aliphatic carbocycles. The van der Waals surface area contributed by atoms with Gasteiger partial charge >= 0.3 is 6.09 Å². The largest absolute Gasteiger partial charge is 0.448 e. The number of aryl methyl sites for hydroxylation is 1. The van der Waals surface area contributed by atoms with E-state index in [9.17, 15) is 14.4 Å². The van der Waals surface area contributed by atoms with Crippen LogP contribution in [-0.4, -0.2) is 41.9 Å². The zero-order valence-electron chi connectivity index (χ0n) is 13.3. The van der Waals surface area contributed by atoms with Crippen molar-refractivity contribution in [2.45, 2.75) is 39.7 Å². The van der Waals surface area contributed by atoms with E-state index in [1.165, 1.54) is 6.07 Å². The number of carbonyl (C=O) groups excluding carboxylic acids is 3. The van der Waals surface area contributed by atoms with Gasteiger partial charge in [-0.05, 0) is 40.2 Å². The minimum Gasteiger partial charge on any atom is -0.448 e. The van der Waals surface area contributed by atoms with Gasteiger partial charge in [0, 0.05) is 18.7 Å². The van der Waals surface area contributed by atoms with Crippen molar-refractivity contribution in [2.75, 3.05) is 13.1 Å². The number of carbonyl (C=O) groups is 3. The molecular weight excluding hydrogens is 288 g/mol. The van der Waals surface area contributed by atoms with E-state index in [-0.39, 0.29) is 23.2 Å². The van der Waals surface area contributed by atoms with Crippen LogP contribution >= 0.6 is 0 Å². The molecule has 2 amide bonds. The topological polar surface area (TPSA) is 103 Å². The molecule has 2 heterocycles. The molecule has 0 saturated carbocycles. The molecule has 1 aliphatic heterocycles. The second-order valence-electron chi connectivity index (χ2n) is 5.96. The third kappa shape index (κ3) is 5.23. The van der Waals surface area contributed by atoms with Crippen molar-refractivity contribution in [1.29, 1.82) is 0 Å². The van der Waals surface area contributed by atoms with Gasteiger partial charge in [-0.25, -0.2) is 4.79 Å². The molecule has 1 fully saturated rings. The monoisotopic (exact) mass is 310 g/mol. The van der Waals surface area contributed by atoms with E-state index in [4.69, 9.17) is 14.9 Å². The molecular formula is C15H22N2O5. The summed E-state index contributed by atoms with van der Waals surface area (Å²) >= 11 is 0. The van der Waals surface area contributed by atoms with Gasteiger partial charge in [0.2, 0.25) is 0 Å². The van der Waals surface area contributed by atoms with E-state index in [1.807, 2.05) is 20.8 Å². The summed E-state index contributed by atoms with van der Waals surface area (Å²) in [6.45, 7) is 9.00. The first-order valence-corrected chi connectivity index (χ1v) is 6.97. The van der Waals surface area contributed by atoms with E-state index in [0.717, 1.165) is 19.5 Å². The van der Waals surface area contributed by atoms with Crippen LogP contribution in [0, 0.1) is 6.92 Å². The van der Waals surface area contributed by atoms with Crippen LogP contribution in [0.3, 0.4) is 0 Å². The molecule has 1 aromatic rings. The summed E-state index contributed by atoms with van der Waals surface area (Å²) in [5, 5.41) is 0. The molecule has 0 aromatic carbocycles. The summed E-state index contributed by atoms with van der Waals surface area (Å²) in [7, 11) is 0. The van der Waals surface area contributed by atoms with Crippen LogP contribution in [0.4, 0.5) is 4.79 Å². The van der Waals surface area contributed by atoms with Crippen molar-refractivity contribution in [3.05, 3.63) is 23.2 Å². The Morgan fingerprint density at radius 2 is 1.95 bits per heavy atom. The number of likely N-dealkylation sites (tertiary alicyclic amines) is 1. The maximum Gasteiger partial charge on any atom is 0.410 e. The lowest BCUT2D eigenvalue weighted by Gasteiger charge is -2.32. The number of hydrogen-bond acceptors (Lipinski definition) is 5. The SMILES string of the molecule is CC(C)(C)OC(=O)N1CCC1.Cc1cc(C=O)oc1C(N)=O. The third-order valence-corrected chi connectivity index (χ3v) is 2.78. The second-order valence-corrected chi connectivity index (χ2v) is 5.96. The minimum atomic E-state index is -0.657. The molecule has 7 heteroatoms. The fourth-order valence-corrected chi connectivity index (χ4v) is 1.63. The number of primary amides is 1. The van der Waals surface area contributed by atoms with Crippen molar-refractivity contribution in [3.63, 3.8) is 0 Å². The summed E-state index contributed by atoms with van der Waals surface area (Å²) in [6.07, 6.45) is 1.46. The lowest BCUT2D eigenvalue weighted by atomic mass is 10.2. The van der Waals surface area contributed by atoms with Crippen molar-refractivity contribution in [1.82, 2.24) is 4.90 Å². The number of ether oxygens (including phenoxy) is 1. The Bertz CT molecular complexity index is 553. The second kappa shape index (κ2) is 7.11. The van der Waals surface area contributed by atoms with Crippen molar-refractivity contribution >= 4 is 18.3 Å². The first-order chi connectivity index (χ1) is 10.1. The molecule has 0 unspecified atom stereocenters. The molecule has 0 bridgehead atoms. The summed E-state index contributed by atoms with van der Waals surface area (Å²) < 4.78 is 9.91. The number of aldehydes is 1. The molecule has 1 aliphatic rings. The number of rotatable bonds is 2. The molecule has 122 valence electrons. The maximum atomic E-state index is 11.1. The van der Waals surface area contributed by atoms with Gasteiger partial charge in [-0.2, -0.15) is 0 Å². The van der Waals surface area contributed by atoms with E-state index in [0.29, 0.717) is 11.8 Å². The summed E-state index contributed by atoms with van der Waals surface area (Å²) in [6, 6.07) is 1.47. The van der Waals surface area contributed by atoms with E-state index in [1.54, 1.807) is 11.8 Å². The van der Waals surface area contributed by atoms with Gasteiger partial charge in [-0.1, -0.05) is 0 Å². The first kappa shape index (κ1) is 17.7. The predicted octanol–water partition coefficient (Wildman–Crippen LogP) is 2.13. The minimum absolute atomic E-state index is 0.0482. The molecule has 0 radical (unpaired) electrons. The zero-order chi connectivity index (χ0) is 16.9. The molecule has 1 aromatic heterocycles. The van der Waals surface area contributed by atoms with Gasteiger partial charge in [0.15, 0.2) is 17.8 Å². The molecule has 0 atom stereocenters. The van der Waals surface area contributed by atoms with Crippen LogP contribution in [0.2, 0.25) is 0 Å². The smallest absolute Gasteiger partial charge is 0.410 e. The highest BCUT2D eigenvalue weighted by Crippen LogP contribution is 2.14. The Labute approximate surface area is 129 Å². The Morgan fingerprint density at radius 1 is 1.36 bits per heavy atom. The van der Waals surface area contributed by atoms with Crippen LogP contribution < -0.4 is 5.73 Å². The van der Waals surface area contributed by atoms with Crippen LogP contribution in [0.5, 0.6) is 0 Å². The molecule has 2 rings (SSSR count). The van der Waals surface area contributed by atoms with Crippen LogP contribution in [0.1, 0.15) is 53.9 Å². The van der Waals surface area contributed by atoms with E-state index >= 15 is 0 Å². The Balaban J connectivity index is 0.000000220. The fourth-order valence-electron chi connectivity index (χ4n) is 1.63. The Hall–Kier alpha value is -2.31. The van der Waals surface area contributed by atoms with Crippen molar-refractivity contribution in [3.8, 4) is 0 Å². The highest BCUT2D eigenvalue weighted by Gasteiger charge is 2.25. The lowest BCUT2D eigenvalue weighted by Crippen LogP contribution is -2.44. The number of amides is 2.